The minimum Gasteiger partial charge on any atom is -0.480 e. The summed E-state index contributed by atoms with van der Waals surface area (Å²) in [5.41, 5.74) is 0.827. The maximum Gasteiger partial charge on any atom is 0.326 e. The molecule has 7 heteroatoms. The maximum atomic E-state index is 11.8. The van der Waals surface area contributed by atoms with Gasteiger partial charge >= 0.3 is 12.0 Å². The van der Waals surface area contributed by atoms with Gasteiger partial charge in [0, 0.05) is 35.3 Å². The van der Waals surface area contributed by atoms with Crippen molar-refractivity contribution in [1.82, 2.24) is 10.6 Å². The predicted molar refractivity (Wildman–Crippen MR) is 81.6 cm³/mol. The molecule has 0 aliphatic carbocycles. The van der Waals surface area contributed by atoms with Crippen molar-refractivity contribution in [2.75, 3.05) is 12.0 Å². The summed E-state index contributed by atoms with van der Waals surface area (Å²) in [5.74, 6) is -0.773. The highest BCUT2D eigenvalue weighted by Gasteiger charge is 2.21. The van der Waals surface area contributed by atoms with Crippen molar-refractivity contribution in [3.05, 3.63) is 35.9 Å². The zero-order valence-electron chi connectivity index (χ0n) is 12.0. The zero-order chi connectivity index (χ0) is 15.8. The van der Waals surface area contributed by atoms with E-state index in [1.165, 1.54) is 0 Å². The van der Waals surface area contributed by atoms with Gasteiger partial charge in [-0.3, -0.25) is 4.21 Å². The second-order valence-corrected chi connectivity index (χ2v) is 6.32. The Morgan fingerprint density at radius 3 is 2.38 bits per heavy atom. The molecule has 1 rings (SSSR count). The van der Waals surface area contributed by atoms with E-state index < -0.39 is 28.8 Å². The first-order chi connectivity index (χ1) is 9.88. The molecular weight excluding hydrogens is 292 g/mol. The third-order valence-corrected chi connectivity index (χ3v) is 3.72. The SMILES string of the molecule is CC(CS(C)=O)NC(=O)N[C@@H](Cc1ccccc1)C(=O)O. The number of rotatable bonds is 7. The molecule has 0 bridgehead atoms. The average molecular weight is 312 g/mol. The van der Waals surface area contributed by atoms with Crippen LogP contribution < -0.4 is 10.6 Å². The van der Waals surface area contributed by atoms with Crippen LogP contribution in [0.2, 0.25) is 0 Å². The molecule has 0 radical (unpaired) electrons. The van der Waals surface area contributed by atoms with Gasteiger partial charge in [0.2, 0.25) is 0 Å². The van der Waals surface area contributed by atoms with E-state index in [1.54, 1.807) is 25.3 Å². The van der Waals surface area contributed by atoms with Crippen molar-refractivity contribution < 1.29 is 18.9 Å². The van der Waals surface area contributed by atoms with Gasteiger partial charge in [-0.2, -0.15) is 0 Å². The molecule has 2 unspecified atom stereocenters. The van der Waals surface area contributed by atoms with Gasteiger partial charge in [0.05, 0.1) is 0 Å². The molecule has 2 amide bonds. The Bertz CT molecular complexity index is 507. The highest BCUT2D eigenvalue weighted by molar-refractivity contribution is 7.84. The fraction of sp³-hybridized carbons (Fsp3) is 0.429. The largest absolute Gasteiger partial charge is 0.480 e. The first kappa shape index (κ1) is 17.2. The van der Waals surface area contributed by atoms with Crippen LogP contribution in [0.1, 0.15) is 12.5 Å². The summed E-state index contributed by atoms with van der Waals surface area (Å²) in [7, 11) is -1.02. The number of carbonyl (C=O) groups is 2. The van der Waals surface area contributed by atoms with E-state index in [1.807, 2.05) is 18.2 Å². The van der Waals surface area contributed by atoms with E-state index in [0.29, 0.717) is 5.75 Å². The van der Waals surface area contributed by atoms with E-state index >= 15 is 0 Å². The zero-order valence-corrected chi connectivity index (χ0v) is 12.9. The van der Waals surface area contributed by atoms with Crippen LogP contribution in [0.15, 0.2) is 30.3 Å². The molecule has 0 aliphatic rings. The third-order valence-electron chi connectivity index (χ3n) is 2.75. The quantitative estimate of drug-likeness (QED) is 0.692. The molecule has 3 atom stereocenters. The minimum absolute atomic E-state index is 0.206. The molecule has 1 aromatic carbocycles. The van der Waals surface area contributed by atoms with Crippen LogP contribution in [-0.2, 0) is 22.0 Å². The molecule has 0 aromatic heterocycles. The van der Waals surface area contributed by atoms with Crippen molar-refractivity contribution in [3.8, 4) is 0 Å². The molecule has 3 N–H and O–H groups in total. The summed E-state index contributed by atoms with van der Waals surface area (Å²) >= 11 is 0. The number of hydrogen-bond acceptors (Lipinski definition) is 3. The number of aliphatic carboxylic acids is 1. The Morgan fingerprint density at radius 1 is 1.24 bits per heavy atom. The van der Waals surface area contributed by atoms with Crippen LogP contribution in [0, 0.1) is 0 Å². The standard InChI is InChI=1S/C14H20N2O4S/c1-10(9-21(2)20)15-14(19)16-12(13(17)18)8-11-6-4-3-5-7-11/h3-7,10,12H,8-9H2,1-2H3,(H,17,18)(H2,15,16,19)/t10?,12-,21?/m0/s1. The molecule has 0 saturated carbocycles. The van der Waals surface area contributed by atoms with Crippen LogP contribution in [0.25, 0.3) is 0 Å². The fourth-order valence-corrected chi connectivity index (χ4v) is 2.65. The Balaban J connectivity index is 2.56. The summed E-state index contributed by atoms with van der Waals surface area (Å²) in [5, 5.41) is 14.2. The van der Waals surface area contributed by atoms with E-state index in [2.05, 4.69) is 10.6 Å². The second-order valence-electron chi connectivity index (χ2n) is 4.84. The normalized spacial score (nSPS) is 14.8. The van der Waals surface area contributed by atoms with Crippen molar-refractivity contribution in [2.24, 2.45) is 0 Å². The van der Waals surface area contributed by atoms with E-state index in [4.69, 9.17) is 0 Å². The van der Waals surface area contributed by atoms with Crippen LogP contribution >= 0.6 is 0 Å². The lowest BCUT2D eigenvalue weighted by Gasteiger charge is -2.18. The number of hydrogen-bond donors (Lipinski definition) is 3. The van der Waals surface area contributed by atoms with Gasteiger partial charge in [-0.15, -0.1) is 0 Å². The minimum atomic E-state index is -1.10. The molecule has 0 fully saturated rings. The lowest BCUT2D eigenvalue weighted by atomic mass is 10.1. The Labute approximate surface area is 126 Å². The van der Waals surface area contributed by atoms with Crippen molar-refractivity contribution >= 4 is 22.8 Å². The molecular formula is C14H20N2O4S. The second kappa shape index (κ2) is 8.41. The van der Waals surface area contributed by atoms with E-state index in [0.717, 1.165) is 5.56 Å². The molecule has 0 saturated heterocycles. The number of carbonyl (C=O) groups excluding carboxylic acids is 1. The molecule has 6 nitrogen and oxygen atoms in total. The molecule has 1 aromatic rings. The average Bonchev–Trinajstić information content (AvgIpc) is 2.37. The lowest BCUT2D eigenvalue weighted by molar-refractivity contribution is -0.139. The molecule has 0 aliphatic heterocycles. The molecule has 0 heterocycles. The summed E-state index contributed by atoms with van der Waals surface area (Å²) in [6.07, 6.45) is 1.75. The number of urea groups is 1. The topological polar surface area (TPSA) is 95.5 Å². The van der Waals surface area contributed by atoms with Crippen LogP contribution in [0.3, 0.4) is 0 Å². The number of nitrogens with one attached hydrogen (secondary N) is 2. The fourth-order valence-electron chi connectivity index (χ4n) is 1.87. The number of amides is 2. The van der Waals surface area contributed by atoms with Gasteiger partial charge in [-0.1, -0.05) is 30.3 Å². The van der Waals surface area contributed by atoms with Gasteiger partial charge in [-0.25, -0.2) is 9.59 Å². The highest BCUT2D eigenvalue weighted by atomic mass is 32.2. The van der Waals surface area contributed by atoms with Crippen LogP contribution in [0.4, 0.5) is 4.79 Å². The summed E-state index contributed by atoms with van der Waals surface area (Å²) in [6.45, 7) is 1.72. The van der Waals surface area contributed by atoms with E-state index in [9.17, 15) is 18.9 Å². The number of benzene rings is 1. The van der Waals surface area contributed by atoms with Gasteiger partial charge in [0.15, 0.2) is 0 Å². The van der Waals surface area contributed by atoms with Crippen molar-refractivity contribution in [3.63, 3.8) is 0 Å². The Morgan fingerprint density at radius 2 is 1.86 bits per heavy atom. The molecule has 0 spiro atoms. The highest BCUT2D eigenvalue weighted by Crippen LogP contribution is 2.03. The smallest absolute Gasteiger partial charge is 0.326 e. The van der Waals surface area contributed by atoms with Crippen LogP contribution in [-0.4, -0.2) is 45.4 Å². The predicted octanol–water partition coefficient (Wildman–Crippen LogP) is 0.748. The summed E-state index contributed by atoms with van der Waals surface area (Å²) in [4.78, 5) is 23.0. The summed E-state index contributed by atoms with van der Waals surface area (Å²) < 4.78 is 11.1. The Kier molecular flexibility index (Phi) is 6.87. The van der Waals surface area contributed by atoms with Gasteiger partial charge in [0.25, 0.3) is 0 Å². The van der Waals surface area contributed by atoms with Crippen LogP contribution in [0.5, 0.6) is 0 Å². The third kappa shape index (κ3) is 6.89. The van der Waals surface area contributed by atoms with Crippen molar-refractivity contribution in [2.45, 2.75) is 25.4 Å². The van der Waals surface area contributed by atoms with Gasteiger partial charge in [-0.05, 0) is 12.5 Å². The molecule has 21 heavy (non-hydrogen) atoms. The first-order valence-electron chi connectivity index (χ1n) is 6.52. The number of carboxylic acids is 1. The lowest BCUT2D eigenvalue weighted by Crippen LogP contribution is -2.50. The van der Waals surface area contributed by atoms with Gasteiger partial charge < -0.3 is 15.7 Å². The van der Waals surface area contributed by atoms with Gasteiger partial charge in [0.1, 0.15) is 6.04 Å². The number of carboxylic acid groups (broad SMARTS) is 1. The molecule has 116 valence electrons. The summed E-state index contributed by atoms with van der Waals surface area (Å²) in [6, 6.07) is 7.20. The van der Waals surface area contributed by atoms with Crippen molar-refractivity contribution in [1.29, 1.82) is 0 Å². The van der Waals surface area contributed by atoms with E-state index in [-0.39, 0.29) is 12.5 Å². The Hall–Kier alpha value is -1.89. The first-order valence-corrected chi connectivity index (χ1v) is 8.25. The monoisotopic (exact) mass is 312 g/mol. The maximum absolute atomic E-state index is 11.8.